The minimum Gasteiger partial charge on any atom is -0.330 e. The van der Waals surface area contributed by atoms with Gasteiger partial charge in [0.15, 0.2) is 0 Å². The van der Waals surface area contributed by atoms with Crippen molar-refractivity contribution in [2.45, 2.75) is 51.5 Å². The molecule has 0 aromatic heterocycles. The monoisotopic (exact) mass is 274 g/mol. The van der Waals surface area contributed by atoms with Gasteiger partial charge in [-0.25, -0.2) is 0 Å². The normalized spacial score (nSPS) is 17.3. The molecule has 2 nitrogen and oxygen atoms in total. The zero-order valence-electron chi connectivity index (χ0n) is 12.8. The van der Waals surface area contributed by atoms with Crippen LogP contribution in [-0.2, 0) is 6.54 Å². The zero-order chi connectivity index (χ0) is 14.0. The van der Waals surface area contributed by atoms with Crippen molar-refractivity contribution in [2.75, 3.05) is 19.6 Å². The lowest BCUT2D eigenvalue weighted by atomic mass is 9.99. The van der Waals surface area contributed by atoms with Gasteiger partial charge in [0, 0.05) is 13.1 Å². The molecule has 0 saturated heterocycles. The van der Waals surface area contributed by atoms with Gasteiger partial charge in [-0.05, 0) is 43.8 Å². The summed E-state index contributed by atoms with van der Waals surface area (Å²) in [4.78, 5) is 2.62. The molecule has 2 heteroatoms. The molecule has 0 aliphatic heterocycles. The van der Waals surface area contributed by atoms with Crippen LogP contribution in [0, 0.1) is 5.92 Å². The molecule has 1 aliphatic rings. The first kappa shape index (κ1) is 15.5. The summed E-state index contributed by atoms with van der Waals surface area (Å²) < 4.78 is 0. The molecule has 0 atom stereocenters. The van der Waals surface area contributed by atoms with Crippen molar-refractivity contribution in [3.05, 3.63) is 35.9 Å². The smallest absolute Gasteiger partial charge is 0.0233 e. The third-order valence-electron chi connectivity index (χ3n) is 4.42. The summed E-state index contributed by atoms with van der Waals surface area (Å²) in [6.07, 6.45) is 9.71. The van der Waals surface area contributed by atoms with Crippen LogP contribution in [0.2, 0.25) is 0 Å². The van der Waals surface area contributed by atoms with Crippen LogP contribution in [0.1, 0.15) is 50.5 Å². The summed E-state index contributed by atoms with van der Waals surface area (Å²) in [6, 6.07) is 10.9. The van der Waals surface area contributed by atoms with Gasteiger partial charge in [0.1, 0.15) is 0 Å². The van der Waals surface area contributed by atoms with Crippen LogP contribution in [0.4, 0.5) is 0 Å². The Hall–Kier alpha value is -0.860. The Morgan fingerprint density at radius 1 is 1.00 bits per heavy atom. The fourth-order valence-electron chi connectivity index (χ4n) is 3.30. The van der Waals surface area contributed by atoms with E-state index in [1.54, 1.807) is 0 Å². The van der Waals surface area contributed by atoms with Gasteiger partial charge in [-0.1, -0.05) is 56.0 Å². The number of rotatable bonds is 7. The van der Waals surface area contributed by atoms with E-state index in [0.717, 1.165) is 32.0 Å². The molecule has 2 rings (SSSR count). The van der Waals surface area contributed by atoms with Gasteiger partial charge in [-0.15, -0.1) is 0 Å². The molecular formula is C18H30N2. The Morgan fingerprint density at radius 3 is 2.35 bits per heavy atom. The van der Waals surface area contributed by atoms with Crippen molar-refractivity contribution in [3.8, 4) is 0 Å². The van der Waals surface area contributed by atoms with Gasteiger partial charge in [0.05, 0.1) is 0 Å². The number of benzene rings is 1. The summed E-state index contributed by atoms with van der Waals surface area (Å²) in [7, 11) is 0. The molecule has 0 unspecified atom stereocenters. The molecule has 0 radical (unpaired) electrons. The molecule has 1 aromatic rings. The highest BCUT2D eigenvalue weighted by Crippen LogP contribution is 2.24. The van der Waals surface area contributed by atoms with Gasteiger partial charge in [0.25, 0.3) is 0 Å². The Bertz CT molecular complexity index is 342. The Labute approximate surface area is 124 Å². The number of hydrogen-bond acceptors (Lipinski definition) is 2. The van der Waals surface area contributed by atoms with Gasteiger partial charge in [-0.3, -0.25) is 4.90 Å². The van der Waals surface area contributed by atoms with E-state index in [0.29, 0.717) is 0 Å². The molecule has 1 saturated carbocycles. The summed E-state index contributed by atoms with van der Waals surface area (Å²) in [5.74, 6) is 0.902. The van der Waals surface area contributed by atoms with E-state index in [-0.39, 0.29) is 0 Å². The molecule has 0 bridgehead atoms. The van der Waals surface area contributed by atoms with Crippen LogP contribution in [-0.4, -0.2) is 24.5 Å². The van der Waals surface area contributed by atoms with Crippen molar-refractivity contribution in [1.29, 1.82) is 0 Å². The first-order valence-electron chi connectivity index (χ1n) is 8.35. The lowest BCUT2D eigenvalue weighted by Crippen LogP contribution is -2.31. The maximum absolute atomic E-state index is 5.70. The second kappa shape index (κ2) is 9.15. The molecule has 2 N–H and O–H groups in total. The lowest BCUT2D eigenvalue weighted by Gasteiger charge is -2.27. The molecule has 112 valence electrons. The van der Waals surface area contributed by atoms with Crippen molar-refractivity contribution in [2.24, 2.45) is 11.7 Å². The Morgan fingerprint density at radius 2 is 1.70 bits per heavy atom. The first-order chi connectivity index (χ1) is 9.88. The maximum Gasteiger partial charge on any atom is 0.0233 e. The van der Waals surface area contributed by atoms with Gasteiger partial charge < -0.3 is 5.73 Å². The molecule has 20 heavy (non-hydrogen) atoms. The van der Waals surface area contributed by atoms with Crippen LogP contribution in [0.15, 0.2) is 30.3 Å². The first-order valence-corrected chi connectivity index (χ1v) is 8.35. The van der Waals surface area contributed by atoms with E-state index in [9.17, 15) is 0 Å². The molecular weight excluding hydrogens is 244 g/mol. The largest absolute Gasteiger partial charge is 0.330 e. The van der Waals surface area contributed by atoms with Crippen molar-refractivity contribution in [3.63, 3.8) is 0 Å². The average molecular weight is 274 g/mol. The number of nitrogens with two attached hydrogens (primary N) is 1. The minimum absolute atomic E-state index is 0.802. The van der Waals surface area contributed by atoms with Crippen molar-refractivity contribution >= 4 is 0 Å². The molecule has 0 heterocycles. The fourth-order valence-corrected chi connectivity index (χ4v) is 3.30. The van der Waals surface area contributed by atoms with E-state index in [2.05, 4.69) is 35.2 Å². The van der Waals surface area contributed by atoms with E-state index in [1.807, 2.05) is 0 Å². The maximum atomic E-state index is 5.70. The fraction of sp³-hybridized carbons (Fsp3) is 0.667. The van der Waals surface area contributed by atoms with Gasteiger partial charge >= 0.3 is 0 Å². The summed E-state index contributed by atoms with van der Waals surface area (Å²) in [5, 5.41) is 0. The topological polar surface area (TPSA) is 29.3 Å². The summed E-state index contributed by atoms with van der Waals surface area (Å²) in [5.41, 5.74) is 7.13. The van der Waals surface area contributed by atoms with Crippen LogP contribution in [0.5, 0.6) is 0 Å². The van der Waals surface area contributed by atoms with Crippen molar-refractivity contribution < 1.29 is 0 Å². The quantitative estimate of drug-likeness (QED) is 0.766. The SMILES string of the molecule is NCCCN(Cc1ccccc1)CC1CCCCCC1. The molecule has 1 fully saturated rings. The highest BCUT2D eigenvalue weighted by atomic mass is 15.1. The van der Waals surface area contributed by atoms with Gasteiger partial charge in [0.2, 0.25) is 0 Å². The number of nitrogens with zero attached hydrogens (tertiary/aromatic N) is 1. The number of hydrogen-bond donors (Lipinski definition) is 1. The van der Waals surface area contributed by atoms with Gasteiger partial charge in [-0.2, -0.15) is 0 Å². The standard InChI is InChI=1S/C18H30N2/c19-13-8-14-20(16-18-11-6-3-7-12-18)15-17-9-4-1-2-5-10-17/h3,6-7,11-12,17H,1-2,4-5,8-10,13-16,19H2. The Kier molecular flexibility index (Phi) is 7.10. The third-order valence-corrected chi connectivity index (χ3v) is 4.42. The second-order valence-electron chi connectivity index (χ2n) is 6.22. The molecule has 1 aliphatic carbocycles. The van der Waals surface area contributed by atoms with E-state index >= 15 is 0 Å². The average Bonchev–Trinajstić information content (AvgIpc) is 2.74. The van der Waals surface area contributed by atoms with E-state index < -0.39 is 0 Å². The summed E-state index contributed by atoms with van der Waals surface area (Å²) >= 11 is 0. The second-order valence-corrected chi connectivity index (χ2v) is 6.22. The predicted molar refractivity (Wildman–Crippen MR) is 86.6 cm³/mol. The van der Waals surface area contributed by atoms with Crippen LogP contribution in [0.3, 0.4) is 0 Å². The summed E-state index contributed by atoms with van der Waals surface area (Å²) in [6.45, 7) is 4.28. The van der Waals surface area contributed by atoms with E-state index in [4.69, 9.17) is 5.73 Å². The minimum atomic E-state index is 0.802. The zero-order valence-corrected chi connectivity index (χ0v) is 12.8. The lowest BCUT2D eigenvalue weighted by molar-refractivity contribution is 0.210. The van der Waals surface area contributed by atoms with E-state index in [1.165, 1.54) is 50.6 Å². The third kappa shape index (κ3) is 5.64. The molecule has 0 spiro atoms. The Balaban J connectivity index is 1.88. The van der Waals surface area contributed by atoms with Crippen LogP contribution in [0.25, 0.3) is 0 Å². The highest BCUT2D eigenvalue weighted by molar-refractivity contribution is 5.14. The predicted octanol–water partition coefficient (Wildman–Crippen LogP) is 3.81. The highest BCUT2D eigenvalue weighted by Gasteiger charge is 2.16. The van der Waals surface area contributed by atoms with Crippen LogP contribution < -0.4 is 5.73 Å². The molecule has 1 aromatic carbocycles. The van der Waals surface area contributed by atoms with Crippen LogP contribution >= 0.6 is 0 Å². The van der Waals surface area contributed by atoms with Crippen molar-refractivity contribution in [1.82, 2.24) is 4.90 Å². The molecule has 0 amide bonds.